The summed E-state index contributed by atoms with van der Waals surface area (Å²) in [7, 11) is 0. The largest absolute Gasteiger partial charge is 0.478 e. The van der Waals surface area contributed by atoms with Crippen molar-refractivity contribution in [3.05, 3.63) is 17.5 Å². The molecule has 0 saturated heterocycles. The highest BCUT2D eigenvalue weighted by molar-refractivity contribution is 7.03. The number of hydrogen-bond acceptors (Lipinski definition) is 6. The van der Waals surface area contributed by atoms with Crippen LogP contribution in [0.5, 0.6) is 5.88 Å². The first-order chi connectivity index (χ1) is 8.36. The summed E-state index contributed by atoms with van der Waals surface area (Å²) in [5.74, 6) is 1.25. The van der Waals surface area contributed by atoms with E-state index in [1.54, 1.807) is 0 Å². The second kappa shape index (κ2) is 4.10. The van der Waals surface area contributed by atoms with Crippen LogP contribution in [0.25, 0.3) is 22.7 Å². The van der Waals surface area contributed by atoms with Gasteiger partial charge < -0.3 is 9.72 Å². The molecule has 0 aliphatic rings. The van der Waals surface area contributed by atoms with Gasteiger partial charge in [-0.3, -0.25) is 0 Å². The third-order valence-corrected chi connectivity index (χ3v) is 2.72. The molecule has 0 fully saturated rings. The van der Waals surface area contributed by atoms with E-state index >= 15 is 0 Å². The molecule has 3 aromatic heterocycles. The molecule has 86 valence electrons. The van der Waals surface area contributed by atoms with Gasteiger partial charge in [0.05, 0.1) is 12.1 Å². The maximum Gasteiger partial charge on any atom is 0.215 e. The third kappa shape index (κ3) is 1.84. The molecule has 3 aromatic rings. The smallest absolute Gasteiger partial charge is 0.215 e. The van der Waals surface area contributed by atoms with Gasteiger partial charge in [0.25, 0.3) is 0 Å². The van der Waals surface area contributed by atoms with Gasteiger partial charge in [0, 0.05) is 11.4 Å². The summed E-state index contributed by atoms with van der Waals surface area (Å²) in [5.41, 5.74) is 2.21. The van der Waals surface area contributed by atoms with E-state index < -0.39 is 0 Å². The van der Waals surface area contributed by atoms with Crippen LogP contribution in [0.3, 0.4) is 0 Å². The summed E-state index contributed by atoms with van der Waals surface area (Å²) in [4.78, 5) is 11.8. The summed E-state index contributed by atoms with van der Waals surface area (Å²) in [5, 5.41) is 5.79. The minimum Gasteiger partial charge on any atom is -0.478 e. The van der Waals surface area contributed by atoms with Crippen LogP contribution in [-0.4, -0.2) is 31.1 Å². The second-order valence-electron chi connectivity index (χ2n) is 3.33. The molecule has 6 nitrogen and oxygen atoms in total. The fraction of sp³-hybridized carbons (Fsp3) is 0.200. The number of nitrogens with zero attached hydrogens (tertiary/aromatic N) is 4. The van der Waals surface area contributed by atoms with Crippen molar-refractivity contribution in [2.45, 2.75) is 6.92 Å². The quantitative estimate of drug-likeness (QED) is 0.764. The average molecular weight is 247 g/mol. The molecule has 0 spiro atoms. The number of aromatic nitrogens is 5. The van der Waals surface area contributed by atoms with Gasteiger partial charge in [0.1, 0.15) is 5.69 Å². The van der Waals surface area contributed by atoms with E-state index in [2.05, 4.69) is 24.5 Å². The standard InChI is InChI=1S/C10H9N5OS/c1-2-16-8-4-3-6-9(12-8)13-10(11-6)7-5-17-15-14-7/h3-5H,2H2,1H3,(H,11,12,13). The van der Waals surface area contributed by atoms with Crippen LogP contribution in [-0.2, 0) is 0 Å². The normalized spacial score (nSPS) is 10.9. The van der Waals surface area contributed by atoms with Gasteiger partial charge in [-0.15, -0.1) is 5.10 Å². The monoisotopic (exact) mass is 247 g/mol. The first kappa shape index (κ1) is 10.2. The molecule has 1 N–H and O–H groups in total. The zero-order valence-electron chi connectivity index (χ0n) is 9.04. The molecule has 3 rings (SSSR count). The number of rotatable bonds is 3. The first-order valence-corrected chi connectivity index (χ1v) is 5.97. The van der Waals surface area contributed by atoms with Crippen LogP contribution in [0.4, 0.5) is 0 Å². The highest BCUT2D eigenvalue weighted by Crippen LogP contribution is 2.20. The molecule has 3 heterocycles. The van der Waals surface area contributed by atoms with E-state index in [1.807, 2.05) is 24.4 Å². The Balaban J connectivity index is 2.07. The maximum absolute atomic E-state index is 5.32. The Labute approximate surface area is 101 Å². The summed E-state index contributed by atoms with van der Waals surface area (Å²) in [6, 6.07) is 3.71. The number of fused-ring (bicyclic) bond motifs is 1. The average Bonchev–Trinajstić information content (AvgIpc) is 2.97. The lowest BCUT2D eigenvalue weighted by Gasteiger charge is -1.99. The van der Waals surface area contributed by atoms with Gasteiger partial charge in [-0.2, -0.15) is 4.98 Å². The third-order valence-electron chi connectivity index (χ3n) is 2.22. The highest BCUT2D eigenvalue weighted by Gasteiger charge is 2.09. The SMILES string of the molecule is CCOc1ccc2[nH]c(-c3csnn3)nc2n1. The van der Waals surface area contributed by atoms with Crippen LogP contribution in [0, 0.1) is 0 Å². The van der Waals surface area contributed by atoms with E-state index in [4.69, 9.17) is 4.74 Å². The van der Waals surface area contributed by atoms with Crippen molar-refractivity contribution in [2.24, 2.45) is 0 Å². The van der Waals surface area contributed by atoms with E-state index in [0.717, 1.165) is 11.2 Å². The predicted molar refractivity (Wildman–Crippen MR) is 64.0 cm³/mol. The van der Waals surface area contributed by atoms with Crippen molar-refractivity contribution in [1.82, 2.24) is 24.5 Å². The Hall–Kier alpha value is -2.02. The molecule has 0 atom stereocenters. The zero-order valence-corrected chi connectivity index (χ0v) is 9.86. The number of pyridine rings is 1. The fourth-order valence-corrected chi connectivity index (χ4v) is 1.93. The van der Waals surface area contributed by atoms with E-state index in [0.29, 0.717) is 24.0 Å². The van der Waals surface area contributed by atoms with Gasteiger partial charge in [-0.1, -0.05) is 4.49 Å². The number of ether oxygens (including phenoxy) is 1. The number of H-pyrrole nitrogens is 1. The number of nitrogens with one attached hydrogen (secondary N) is 1. The lowest BCUT2D eigenvalue weighted by Crippen LogP contribution is -1.93. The van der Waals surface area contributed by atoms with E-state index in [1.165, 1.54) is 11.5 Å². The van der Waals surface area contributed by atoms with Crippen molar-refractivity contribution in [3.8, 4) is 17.4 Å². The Morgan fingerprint density at radius 3 is 3.06 bits per heavy atom. The molecule has 0 radical (unpaired) electrons. The minimum absolute atomic E-state index is 0.578. The molecule has 0 amide bonds. The molecule has 0 aliphatic carbocycles. The van der Waals surface area contributed by atoms with Crippen molar-refractivity contribution in [3.63, 3.8) is 0 Å². The van der Waals surface area contributed by atoms with Crippen molar-refractivity contribution in [2.75, 3.05) is 6.61 Å². The van der Waals surface area contributed by atoms with Crippen LogP contribution in [0.1, 0.15) is 6.92 Å². The second-order valence-corrected chi connectivity index (χ2v) is 3.94. The number of aromatic amines is 1. The Kier molecular flexibility index (Phi) is 2.45. The number of hydrogen-bond donors (Lipinski definition) is 1. The predicted octanol–water partition coefficient (Wildman–Crippen LogP) is 1.88. The van der Waals surface area contributed by atoms with Crippen LogP contribution in [0.2, 0.25) is 0 Å². The molecule has 17 heavy (non-hydrogen) atoms. The highest BCUT2D eigenvalue weighted by atomic mass is 32.1. The molecular formula is C10H9N5OS. The van der Waals surface area contributed by atoms with Gasteiger partial charge in [-0.25, -0.2) is 4.98 Å². The Morgan fingerprint density at radius 1 is 1.35 bits per heavy atom. The maximum atomic E-state index is 5.32. The summed E-state index contributed by atoms with van der Waals surface area (Å²) >= 11 is 1.29. The first-order valence-electron chi connectivity index (χ1n) is 5.14. The van der Waals surface area contributed by atoms with E-state index in [-0.39, 0.29) is 0 Å². The number of imidazole rings is 1. The molecule has 0 bridgehead atoms. The van der Waals surface area contributed by atoms with Crippen LogP contribution < -0.4 is 4.74 Å². The van der Waals surface area contributed by atoms with Gasteiger partial charge in [0.15, 0.2) is 11.5 Å². The molecule has 7 heteroatoms. The van der Waals surface area contributed by atoms with Crippen molar-refractivity contribution >= 4 is 22.7 Å². The van der Waals surface area contributed by atoms with Crippen LogP contribution >= 0.6 is 11.5 Å². The minimum atomic E-state index is 0.578. The van der Waals surface area contributed by atoms with Crippen LogP contribution in [0.15, 0.2) is 17.5 Å². The molecule has 0 saturated carbocycles. The fourth-order valence-electron chi connectivity index (χ4n) is 1.49. The summed E-state index contributed by atoms with van der Waals surface area (Å²) in [6.07, 6.45) is 0. The zero-order chi connectivity index (χ0) is 11.7. The molecular weight excluding hydrogens is 238 g/mol. The van der Waals surface area contributed by atoms with E-state index in [9.17, 15) is 0 Å². The van der Waals surface area contributed by atoms with Gasteiger partial charge >= 0.3 is 0 Å². The summed E-state index contributed by atoms with van der Waals surface area (Å²) in [6.45, 7) is 2.51. The molecule has 0 unspecified atom stereocenters. The summed E-state index contributed by atoms with van der Waals surface area (Å²) < 4.78 is 9.13. The van der Waals surface area contributed by atoms with Gasteiger partial charge in [0.2, 0.25) is 5.88 Å². The topological polar surface area (TPSA) is 76.6 Å². The Bertz CT molecular complexity index is 633. The molecule has 0 aromatic carbocycles. The van der Waals surface area contributed by atoms with Crippen molar-refractivity contribution < 1.29 is 4.74 Å². The molecule has 0 aliphatic heterocycles. The lowest BCUT2D eigenvalue weighted by molar-refractivity contribution is 0.328. The Morgan fingerprint density at radius 2 is 2.29 bits per heavy atom. The van der Waals surface area contributed by atoms with Crippen molar-refractivity contribution in [1.29, 1.82) is 0 Å². The van der Waals surface area contributed by atoms with Gasteiger partial charge in [-0.05, 0) is 24.5 Å². The lowest BCUT2D eigenvalue weighted by atomic mass is 10.4.